The SMILES string of the molecule is Cc1cc(NC(=O)c2ocnc2C)c(C)cc1O. The Morgan fingerprint density at radius 2 is 2.00 bits per heavy atom. The Balaban J connectivity index is 2.28. The molecule has 0 saturated heterocycles. The molecule has 1 aromatic carbocycles. The van der Waals surface area contributed by atoms with Gasteiger partial charge in [-0.05, 0) is 44.0 Å². The van der Waals surface area contributed by atoms with Crippen LogP contribution in [0.5, 0.6) is 5.75 Å². The number of nitrogens with zero attached hydrogens (tertiary/aromatic N) is 1. The summed E-state index contributed by atoms with van der Waals surface area (Å²) in [7, 11) is 0. The number of benzene rings is 1. The van der Waals surface area contributed by atoms with E-state index in [4.69, 9.17) is 4.42 Å². The second-order valence-corrected chi connectivity index (χ2v) is 4.17. The lowest BCUT2D eigenvalue weighted by molar-refractivity contribution is 0.0995. The Morgan fingerprint density at radius 1 is 1.28 bits per heavy atom. The van der Waals surface area contributed by atoms with E-state index < -0.39 is 0 Å². The van der Waals surface area contributed by atoms with E-state index in [1.54, 1.807) is 26.0 Å². The standard InChI is InChI=1S/C13H14N2O3/c1-7-5-11(16)8(2)4-10(7)15-13(17)12-9(3)14-6-18-12/h4-6,16H,1-3H3,(H,15,17). The molecule has 1 amide bonds. The number of hydrogen-bond donors (Lipinski definition) is 2. The van der Waals surface area contributed by atoms with Crippen molar-refractivity contribution in [2.75, 3.05) is 5.32 Å². The van der Waals surface area contributed by atoms with Crippen LogP contribution >= 0.6 is 0 Å². The van der Waals surface area contributed by atoms with Crippen molar-refractivity contribution in [2.24, 2.45) is 0 Å². The average Bonchev–Trinajstić information content (AvgIpc) is 2.72. The molecule has 0 aliphatic heterocycles. The number of nitrogens with one attached hydrogen (secondary N) is 1. The molecule has 94 valence electrons. The molecule has 0 radical (unpaired) electrons. The van der Waals surface area contributed by atoms with Gasteiger partial charge in [0.2, 0.25) is 5.76 Å². The van der Waals surface area contributed by atoms with Gasteiger partial charge in [-0.1, -0.05) is 0 Å². The summed E-state index contributed by atoms with van der Waals surface area (Å²) in [5, 5.41) is 12.3. The molecule has 0 unspecified atom stereocenters. The zero-order valence-corrected chi connectivity index (χ0v) is 10.4. The molecular weight excluding hydrogens is 232 g/mol. The van der Waals surface area contributed by atoms with E-state index in [1.807, 2.05) is 6.92 Å². The molecule has 5 heteroatoms. The van der Waals surface area contributed by atoms with Gasteiger partial charge in [-0.15, -0.1) is 0 Å². The van der Waals surface area contributed by atoms with Crippen LogP contribution in [0.15, 0.2) is 22.9 Å². The lowest BCUT2D eigenvalue weighted by Crippen LogP contribution is -2.13. The number of anilines is 1. The average molecular weight is 246 g/mol. The fourth-order valence-corrected chi connectivity index (χ4v) is 1.63. The second kappa shape index (κ2) is 4.52. The molecule has 5 nitrogen and oxygen atoms in total. The molecule has 2 aromatic rings. The quantitative estimate of drug-likeness (QED) is 0.798. The Morgan fingerprint density at radius 3 is 2.61 bits per heavy atom. The minimum absolute atomic E-state index is 0.195. The molecule has 2 rings (SSSR count). The summed E-state index contributed by atoms with van der Waals surface area (Å²) in [5.74, 6) is 0.0552. The van der Waals surface area contributed by atoms with E-state index in [1.165, 1.54) is 6.39 Å². The van der Waals surface area contributed by atoms with E-state index in [2.05, 4.69) is 10.3 Å². The van der Waals surface area contributed by atoms with E-state index >= 15 is 0 Å². The minimum Gasteiger partial charge on any atom is -0.508 e. The van der Waals surface area contributed by atoms with Crippen molar-refractivity contribution in [1.82, 2.24) is 4.98 Å². The number of aromatic hydroxyl groups is 1. The molecule has 1 heterocycles. The van der Waals surface area contributed by atoms with Crippen molar-refractivity contribution in [3.8, 4) is 5.75 Å². The first-order valence-corrected chi connectivity index (χ1v) is 5.50. The van der Waals surface area contributed by atoms with Crippen molar-refractivity contribution in [3.63, 3.8) is 0 Å². The van der Waals surface area contributed by atoms with Crippen LogP contribution in [-0.4, -0.2) is 16.0 Å². The van der Waals surface area contributed by atoms with Crippen LogP contribution in [0.3, 0.4) is 0 Å². The van der Waals surface area contributed by atoms with E-state index in [-0.39, 0.29) is 17.4 Å². The van der Waals surface area contributed by atoms with Crippen LogP contribution in [0.4, 0.5) is 5.69 Å². The molecule has 0 atom stereocenters. The molecule has 0 saturated carbocycles. The summed E-state index contributed by atoms with van der Waals surface area (Å²) in [5.41, 5.74) is 2.67. The van der Waals surface area contributed by atoms with Crippen LogP contribution in [-0.2, 0) is 0 Å². The van der Waals surface area contributed by atoms with Gasteiger partial charge in [-0.2, -0.15) is 0 Å². The number of phenols is 1. The van der Waals surface area contributed by atoms with Gasteiger partial charge in [0.15, 0.2) is 6.39 Å². The maximum atomic E-state index is 11.9. The Kier molecular flexibility index (Phi) is 3.06. The number of phenolic OH excluding ortho intramolecular Hbond substituents is 1. The molecule has 0 bridgehead atoms. The summed E-state index contributed by atoms with van der Waals surface area (Å²) < 4.78 is 5.02. The Hall–Kier alpha value is -2.30. The van der Waals surface area contributed by atoms with E-state index in [9.17, 15) is 9.90 Å². The number of amides is 1. The van der Waals surface area contributed by atoms with Gasteiger partial charge >= 0.3 is 0 Å². The molecule has 0 aliphatic rings. The van der Waals surface area contributed by atoms with Gasteiger partial charge in [-0.25, -0.2) is 4.98 Å². The zero-order chi connectivity index (χ0) is 13.3. The van der Waals surface area contributed by atoms with Crippen LogP contribution in [0.1, 0.15) is 27.4 Å². The third kappa shape index (κ3) is 2.20. The van der Waals surface area contributed by atoms with E-state index in [0.717, 1.165) is 5.56 Å². The van der Waals surface area contributed by atoms with E-state index in [0.29, 0.717) is 16.9 Å². The molecule has 0 spiro atoms. The van der Waals surface area contributed by atoms with Crippen molar-refractivity contribution >= 4 is 11.6 Å². The summed E-state index contributed by atoms with van der Waals surface area (Å²) in [6, 6.07) is 3.33. The fourth-order valence-electron chi connectivity index (χ4n) is 1.63. The van der Waals surface area contributed by atoms with Gasteiger partial charge < -0.3 is 14.8 Å². The topological polar surface area (TPSA) is 75.4 Å². The number of aromatic nitrogens is 1. The van der Waals surface area contributed by atoms with Gasteiger partial charge in [0.25, 0.3) is 5.91 Å². The maximum absolute atomic E-state index is 11.9. The van der Waals surface area contributed by atoms with Crippen LogP contribution in [0.2, 0.25) is 0 Å². The summed E-state index contributed by atoms with van der Waals surface area (Å²) in [4.78, 5) is 15.8. The summed E-state index contributed by atoms with van der Waals surface area (Å²) in [6.45, 7) is 5.28. The van der Waals surface area contributed by atoms with Gasteiger partial charge in [0, 0.05) is 5.69 Å². The number of rotatable bonds is 2. The largest absolute Gasteiger partial charge is 0.508 e. The second-order valence-electron chi connectivity index (χ2n) is 4.17. The third-order valence-corrected chi connectivity index (χ3v) is 2.74. The first-order chi connectivity index (χ1) is 8.49. The van der Waals surface area contributed by atoms with Crippen molar-refractivity contribution in [2.45, 2.75) is 20.8 Å². The predicted molar refractivity (Wildman–Crippen MR) is 66.8 cm³/mol. The number of carbonyl (C=O) groups excluding carboxylic acids is 1. The summed E-state index contributed by atoms with van der Waals surface area (Å²) in [6.07, 6.45) is 1.24. The molecule has 1 aromatic heterocycles. The number of carbonyl (C=O) groups is 1. The van der Waals surface area contributed by atoms with Crippen molar-refractivity contribution in [1.29, 1.82) is 0 Å². The van der Waals surface area contributed by atoms with Gasteiger partial charge in [0.1, 0.15) is 5.75 Å². The zero-order valence-electron chi connectivity index (χ0n) is 10.4. The Bertz CT molecular complexity index is 602. The minimum atomic E-state index is -0.349. The molecule has 2 N–H and O–H groups in total. The lowest BCUT2D eigenvalue weighted by atomic mass is 10.1. The van der Waals surface area contributed by atoms with Gasteiger partial charge in [0.05, 0.1) is 5.69 Å². The highest BCUT2D eigenvalue weighted by atomic mass is 16.3. The highest BCUT2D eigenvalue weighted by Crippen LogP contribution is 2.25. The van der Waals surface area contributed by atoms with Crippen molar-refractivity contribution < 1.29 is 14.3 Å². The monoisotopic (exact) mass is 246 g/mol. The fraction of sp³-hybridized carbons (Fsp3) is 0.231. The molecule has 18 heavy (non-hydrogen) atoms. The third-order valence-electron chi connectivity index (χ3n) is 2.74. The van der Waals surface area contributed by atoms with Gasteiger partial charge in [-0.3, -0.25) is 4.79 Å². The van der Waals surface area contributed by atoms with Crippen LogP contribution < -0.4 is 5.32 Å². The van der Waals surface area contributed by atoms with Crippen LogP contribution in [0.25, 0.3) is 0 Å². The highest BCUT2D eigenvalue weighted by Gasteiger charge is 2.15. The first-order valence-electron chi connectivity index (χ1n) is 5.50. The number of aryl methyl sites for hydroxylation is 3. The first kappa shape index (κ1) is 12.2. The van der Waals surface area contributed by atoms with Crippen LogP contribution in [0, 0.1) is 20.8 Å². The summed E-state index contributed by atoms with van der Waals surface area (Å²) >= 11 is 0. The normalized spacial score (nSPS) is 10.4. The highest BCUT2D eigenvalue weighted by molar-refractivity contribution is 6.03. The Labute approximate surface area is 104 Å². The maximum Gasteiger partial charge on any atom is 0.293 e. The molecule has 0 fully saturated rings. The number of hydrogen-bond acceptors (Lipinski definition) is 4. The lowest BCUT2D eigenvalue weighted by Gasteiger charge is -2.09. The van der Waals surface area contributed by atoms with Crippen molar-refractivity contribution in [3.05, 3.63) is 41.1 Å². The predicted octanol–water partition coefficient (Wildman–Crippen LogP) is 2.56. The molecular formula is C13H14N2O3. The smallest absolute Gasteiger partial charge is 0.293 e. The molecule has 0 aliphatic carbocycles. The number of oxazole rings is 1.